The van der Waals surface area contributed by atoms with E-state index in [0.717, 1.165) is 37.2 Å². The number of ether oxygens (including phenoxy) is 2. The minimum atomic E-state index is -0.0908. The molecule has 0 aliphatic rings. The summed E-state index contributed by atoms with van der Waals surface area (Å²) in [5.41, 5.74) is 1.10. The molecule has 0 radical (unpaired) electrons. The van der Waals surface area contributed by atoms with Crippen molar-refractivity contribution < 1.29 is 14.3 Å². The third kappa shape index (κ3) is 7.02. The molecule has 1 aromatic rings. The van der Waals surface area contributed by atoms with E-state index in [1.807, 2.05) is 38.1 Å². The second-order valence-electron chi connectivity index (χ2n) is 4.50. The van der Waals surface area contributed by atoms with Crippen LogP contribution in [0.15, 0.2) is 24.3 Å². The molecule has 0 amide bonds. The number of hydrogen-bond acceptors (Lipinski definition) is 4. The summed E-state index contributed by atoms with van der Waals surface area (Å²) in [4.78, 5) is 11.1. The number of esters is 1. The van der Waals surface area contributed by atoms with E-state index in [4.69, 9.17) is 9.47 Å². The van der Waals surface area contributed by atoms with Gasteiger partial charge in [-0.2, -0.15) is 0 Å². The summed E-state index contributed by atoms with van der Waals surface area (Å²) in [6.45, 7) is 5.88. The molecule has 0 atom stereocenters. The summed E-state index contributed by atoms with van der Waals surface area (Å²) in [7, 11) is 0. The van der Waals surface area contributed by atoms with Gasteiger partial charge in [-0.1, -0.05) is 6.42 Å². The molecule has 0 spiro atoms. The van der Waals surface area contributed by atoms with Gasteiger partial charge in [0.05, 0.1) is 13.2 Å². The quantitative estimate of drug-likeness (QED) is 0.525. The second kappa shape index (κ2) is 10.1. The van der Waals surface area contributed by atoms with E-state index in [1.54, 1.807) is 0 Å². The molecule has 0 fully saturated rings. The van der Waals surface area contributed by atoms with Gasteiger partial charge in [0.1, 0.15) is 5.75 Å². The molecule has 112 valence electrons. The first-order valence-electron chi connectivity index (χ1n) is 7.38. The average molecular weight is 279 g/mol. The van der Waals surface area contributed by atoms with Crippen LogP contribution in [-0.2, 0) is 9.53 Å². The Morgan fingerprint density at radius 3 is 2.45 bits per heavy atom. The number of benzene rings is 1. The van der Waals surface area contributed by atoms with Gasteiger partial charge in [-0.25, -0.2) is 0 Å². The summed E-state index contributed by atoms with van der Waals surface area (Å²) in [5, 5.41) is 3.36. The minimum absolute atomic E-state index is 0.0908. The highest BCUT2D eigenvalue weighted by Gasteiger charge is 2.00. The molecule has 0 saturated carbocycles. The Bertz CT molecular complexity index is 376. The highest BCUT2D eigenvalue weighted by atomic mass is 16.5. The summed E-state index contributed by atoms with van der Waals surface area (Å²) in [5.74, 6) is 0.805. The molecule has 0 unspecified atom stereocenters. The molecule has 20 heavy (non-hydrogen) atoms. The topological polar surface area (TPSA) is 47.6 Å². The number of hydrogen-bond donors (Lipinski definition) is 1. The highest BCUT2D eigenvalue weighted by molar-refractivity contribution is 5.69. The third-order valence-corrected chi connectivity index (χ3v) is 2.86. The Hall–Kier alpha value is -1.71. The predicted molar refractivity (Wildman–Crippen MR) is 81.2 cm³/mol. The van der Waals surface area contributed by atoms with Gasteiger partial charge in [-0.15, -0.1) is 0 Å². The van der Waals surface area contributed by atoms with Crippen molar-refractivity contribution in [3.63, 3.8) is 0 Å². The van der Waals surface area contributed by atoms with E-state index in [-0.39, 0.29) is 5.97 Å². The van der Waals surface area contributed by atoms with E-state index in [9.17, 15) is 4.79 Å². The number of unbranched alkanes of at least 4 members (excludes halogenated alkanes) is 2. The molecule has 0 bridgehead atoms. The molecule has 0 heterocycles. The lowest BCUT2D eigenvalue weighted by Crippen LogP contribution is -2.05. The summed E-state index contributed by atoms with van der Waals surface area (Å²) >= 11 is 0. The zero-order valence-electron chi connectivity index (χ0n) is 12.5. The zero-order chi connectivity index (χ0) is 14.6. The third-order valence-electron chi connectivity index (χ3n) is 2.86. The van der Waals surface area contributed by atoms with Gasteiger partial charge < -0.3 is 14.8 Å². The molecule has 0 aromatic heterocycles. The monoisotopic (exact) mass is 279 g/mol. The maximum absolute atomic E-state index is 11.1. The summed E-state index contributed by atoms with van der Waals surface area (Å²) in [6.07, 6.45) is 3.50. The highest BCUT2D eigenvalue weighted by Crippen LogP contribution is 2.15. The number of nitrogens with one attached hydrogen (secondary N) is 1. The Morgan fingerprint density at radius 2 is 1.80 bits per heavy atom. The number of carbonyl (C=O) groups excluding carboxylic acids is 1. The number of anilines is 1. The van der Waals surface area contributed by atoms with Crippen molar-refractivity contribution in [2.75, 3.05) is 25.1 Å². The predicted octanol–water partition coefficient (Wildman–Crippen LogP) is 3.62. The van der Waals surface area contributed by atoms with Crippen LogP contribution >= 0.6 is 0 Å². The molecule has 0 aliphatic carbocycles. The van der Waals surface area contributed by atoms with Crippen molar-refractivity contribution in [3.05, 3.63) is 24.3 Å². The van der Waals surface area contributed by atoms with E-state index in [2.05, 4.69) is 5.32 Å². The van der Waals surface area contributed by atoms with E-state index in [0.29, 0.717) is 19.6 Å². The Labute approximate surface area is 121 Å². The molecular formula is C16H25NO3. The van der Waals surface area contributed by atoms with E-state index in [1.165, 1.54) is 0 Å². The van der Waals surface area contributed by atoms with Crippen LogP contribution in [0.5, 0.6) is 5.75 Å². The SMILES string of the molecule is CCOC(=O)CCCCCNc1ccc(OCC)cc1. The standard InChI is InChI=1S/C16H25NO3/c1-3-19-15-11-9-14(10-12-15)17-13-7-5-6-8-16(18)20-4-2/h9-12,17H,3-8,13H2,1-2H3. The van der Waals surface area contributed by atoms with E-state index < -0.39 is 0 Å². The van der Waals surface area contributed by atoms with Crippen LogP contribution in [0.3, 0.4) is 0 Å². The normalized spacial score (nSPS) is 10.1. The maximum Gasteiger partial charge on any atom is 0.305 e. The zero-order valence-corrected chi connectivity index (χ0v) is 12.5. The fraction of sp³-hybridized carbons (Fsp3) is 0.562. The van der Waals surface area contributed by atoms with Gasteiger partial charge in [0.25, 0.3) is 0 Å². The van der Waals surface area contributed by atoms with Crippen molar-refractivity contribution in [1.82, 2.24) is 0 Å². The van der Waals surface area contributed by atoms with Crippen LogP contribution in [0.4, 0.5) is 5.69 Å². The minimum Gasteiger partial charge on any atom is -0.494 e. The molecule has 4 heteroatoms. The van der Waals surface area contributed by atoms with Gasteiger partial charge in [0.2, 0.25) is 0 Å². The summed E-state index contributed by atoms with van der Waals surface area (Å²) in [6, 6.07) is 7.96. The van der Waals surface area contributed by atoms with Crippen LogP contribution < -0.4 is 10.1 Å². The second-order valence-corrected chi connectivity index (χ2v) is 4.50. The number of rotatable bonds is 10. The van der Waals surface area contributed by atoms with Crippen LogP contribution in [0, 0.1) is 0 Å². The Balaban J connectivity index is 2.07. The van der Waals surface area contributed by atoms with Crippen molar-refractivity contribution in [2.45, 2.75) is 39.5 Å². The van der Waals surface area contributed by atoms with Crippen LogP contribution in [0.25, 0.3) is 0 Å². The van der Waals surface area contributed by atoms with E-state index >= 15 is 0 Å². The van der Waals surface area contributed by atoms with Gasteiger partial charge in [-0.3, -0.25) is 4.79 Å². The maximum atomic E-state index is 11.1. The van der Waals surface area contributed by atoms with Crippen LogP contribution in [-0.4, -0.2) is 25.7 Å². The molecule has 4 nitrogen and oxygen atoms in total. The fourth-order valence-electron chi connectivity index (χ4n) is 1.87. The average Bonchev–Trinajstić information content (AvgIpc) is 2.45. The van der Waals surface area contributed by atoms with Crippen molar-refractivity contribution >= 4 is 11.7 Å². The number of carbonyl (C=O) groups is 1. The van der Waals surface area contributed by atoms with Crippen LogP contribution in [0.2, 0.25) is 0 Å². The first kappa shape index (κ1) is 16.3. The Kier molecular flexibility index (Phi) is 8.27. The van der Waals surface area contributed by atoms with Crippen LogP contribution in [0.1, 0.15) is 39.5 Å². The fourth-order valence-corrected chi connectivity index (χ4v) is 1.87. The van der Waals surface area contributed by atoms with Gasteiger partial charge >= 0.3 is 5.97 Å². The van der Waals surface area contributed by atoms with Gasteiger partial charge in [0, 0.05) is 18.7 Å². The van der Waals surface area contributed by atoms with Gasteiger partial charge in [0.15, 0.2) is 0 Å². The molecular weight excluding hydrogens is 254 g/mol. The molecule has 1 N–H and O–H groups in total. The van der Waals surface area contributed by atoms with Crippen molar-refractivity contribution in [2.24, 2.45) is 0 Å². The summed E-state index contributed by atoms with van der Waals surface area (Å²) < 4.78 is 10.3. The van der Waals surface area contributed by atoms with Gasteiger partial charge in [-0.05, 0) is 51.0 Å². The van der Waals surface area contributed by atoms with Crippen molar-refractivity contribution in [3.8, 4) is 5.75 Å². The lowest BCUT2D eigenvalue weighted by atomic mass is 10.2. The molecule has 1 aromatic carbocycles. The lowest BCUT2D eigenvalue weighted by Gasteiger charge is -2.08. The first-order valence-corrected chi connectivity index (χ1v) is 7.38. The molecule has 0 aliphatic heterocycles. The largest absolute Gasteiger partial charge is 0.494 e. The Morgan fingerprint density at radius 1 is 1.05 bits per heavy atom. The molecule has 0 saturated heterocycles. The first-order chi connectivity index (χ1) is 9.76. The van der Waals surface area contributed by atoms with Crippen molar-refractivity contribution in [1.29, 1.82) is 0 Å². The smallest absolute Gasteiger partial charge is 0.305 e. The lowest BCUT2D eigenvalue weighted by molar-refractivity contribution is -0.143. The molecule has 1 rings (SSSR count).